The molecule has 1 amide bonds. The first kappa shape index (κ1) is 16.2. The topological polar surface area (TPSA) is 47.6 Å². The second-order valence-corrected chi connectivity index (χ2v) is 5.50. The zero-order valence-corrected chi connectivity index (χ0v) is 13.6. The Balaban J connectivity index is 1.99. The van der Waals surface area contributed by atoms with Crippen molar-refractivity contribution in [2.75, 3.05) is 18.7 Å². The maximum absolute atomic E-state index is 12.2. The van der Waals surface area contributed by atoms with Crippen molar-refractivity contribution in [3.63, 3.8) is 0 Å². The van der Waals surface area contributed by atoms with Crippen LogP contribution in [0, 0.1) is 0 Å². The lowest BCUT2D eigenvalue weighted by molar-refractivity contribution is -0.122. The van der Waals surface area contributed by atoms with E-state index in [1.807, 2.05) is 42.7 Å². The van der Waals surface area contributed by atoms with Gasteiger partial charge in [-0.2, -0.15) is 0 Å². The predicted molar refractivity (Wildman–Crippen MR) is 89.9 cm³/mol. The van der Waals surface area contributed by atoms with Crippen molar-refractivity contribution in [3.8, 4) is 11.5 Å². The number of methoxy groups -OCH3 is 1. The van der Waals surface area contributed by atoms with E-state index in [-0.39, 0.29) is 5.91 Å². The number of thioether (sulfide) groups is 1. The van der Waals surface area contributed by atoms with Crippen LogP contribution in [0.3, 0.4) is 0 Å². The van der Waals surface area contributed by atoms with E-state index >= 15 is 0 Å². The molecule has 0 aliphatic carbocycles. The Hall–Kier alpha value is -2.14. The van der Waals surface area contributed by atoms with Crippen molar-refractivity contribution in [1.29, 1.82) is 0 Å². The molecule has 0 spiro atoms. The van der Waals surface area contributed by atoms with Gasteiger partial charge in [-0.25, -0.2) is 0 Å². The number of para-hydroxylation sites is 2. The SMILES string of the molecule is COc1ccccc1NC(=O)C(C)Oc1ccc(SC)cc1. The zero-order valence-electron chi connectivity index (χ0n) is 12.8. The van der Waals surface area contributed by atoms with E-state index in [1.165, 1.54) is 0 Å². The number of hydrogen-bond acceptors (Lipinski definition) is 4. The molecular weight excluding hydrogens is 298 g/mol. The highest BCUT2D eigenvalue weighted by Crippen LogP contribution is 2.24. The Morgan fingerprint density at radius 2 is 1.82 bits per heavy atom. The maximum atomic E-state index is 12.2. The van der Waals surface area contributed by atoms with E-state index in [4.69, 9.17) is 9.47 Å². The van der Waals surface area contributed by atoms with Crippen LogP contribution >= 0.6 is 11.8 Å². The number of anilines is 1. The summed E-state index contributed by atoms with van der Waals surface area (Å²) < 4.78 is 10.9. The minimum Gasteiger partial charge on any atom is -0.495 e. The summed E-state index contributed by atoms with van der Waals surface area (Å²) in [6.07, 6.45) is 1.41. The highest BCUT2D eigenvalue weighted by molar-refractivity contribution is 7.98. The second kappa shape index (κ2) is 7.75. The van der Waals surface area contributed by atoms with Gasteiger partial charge < -0.3 is 14.8 Å². The number of benzene rings is 2. The van der Waals surface area contributed by atoms with Crippen molar-refractivity contribution in [2.45, 2.75) is 17.9 Å². The van der Waals surface area contributed by atoms with Crippen molar-refractivity contribution in [1.82, 2.24) is 0 Å². The van der Waals surface area contributed by atoms with E-state index in [0.717, 1.165) is 4.90 Å². The first-order valence-corrected chi connectivity index (χ1v) is 8.11. The van der Waals surface area contributed by atoms with Gasteiger partial charge in [0.25, 0.3) is 5.91 Å². The molecule has 0 radical (unpaired) electrons. The molecule has 0 heterocycles. The molecule has 0 aromatic heterocycles. The summed E-state index contributed by atoms with van der Waals surface area (Å²) in [5.41, 5.74) is 0.628. The van der Waals surface area contributed by atoms with Crippen LogP contribution in [0.4, 0.5) is 5.69 Å². The summed E-state index contributed by atoms with van der Waals surface area (Å²) in [6, 6.07) is 14.9. The van der Waals surface area contributed by atoms with Gasteiger partial charge in [-0.15, -0.1) is 11.8 Å². The Labute approximate surface area is 134 Å². The molecule has 0 bridgehead atoms. The molecule has 2 aromatic carbocycles. The Morgan fingerprint density at radius 3 is 2.45 bits per heavy atom. The van der Waals surface area contributed by atoms with Crippen molar-refractivity contribution in [3.05, 3.63) is 48.5 Å². The lowest BCUT2D eigenvalue weighted by Gasteiger charge is -2.16. The third kappa shape index (κ3) is 4.18. The number of amides is 1. The normalized spacial score (nSPS) is 11.6. The quantitative estimate of drug-likeness (QED) is 0.823. The summed E-state index contributed by atoms with van der Waals surface area (Å²) in [5.74, 6) is 1.06. The van der Waals surface area contributed by atoms with Gasteiger partial charge in [-0.05, 0) is 49.6 Å². The molecule has 0 saturated carbocycles. The molecule has 1 atom stereocenters. The van der Waals surface area contributed by atoms with E-state index in [0.29, 0.717) is 17.2 Å². The highest BCUT2D eigenvalue weighted by Gasteiger charge is 2.16. The Bertz CT molecular complexity index is 628. The van der Waals surface area contributed by atoms with E-state index in [2.05, 4.69) is 5.32 Å². The molecular formula is C17H19NO3S. The molecule has 116 valence electrons. The first-order valence-electron chi connectivity index (χ1n) is 6.88. The number of carbonyl (C=O) groups is 1. The molecule has 0 aliphatic heterocycles. The van der Waals surface area contributed by atoms with Crippen molar-refractivity contribution >= 4 is 23.4 Å². The summed E-state index contributed by atoms with van der Waals surface area (Å²) in [6.45, 7) is 1.72. The van der Waals surface area contributed by atoms with E-state index in [9.17, 15) is 4.79 Å². The third-order valence-corrected chi connectivity index (χ3v) is 3.85. The molecule has 22 heavy (non-hydrogen) atoms. The fourth-order valence-corrected chi connectivity index (χ4v) is 2.30. The average Bonchev–Trinajstić information content (AvgIpc) is 2.56. The lowest BCUT2D eigenvalue weighted by Crippen LogP contribution is -2.30. The number of hydrogen-bond donors (Lipinski definition) is 1. The van der Waals surface area contributed by atoms with Gasteiger partial charge in [0.05, 0.1) is 12.8 Å². The van der Waals surface area contributed by atoms with Crippen LogP contribution in [0.1, 0.15) is 6.92 Å². The molecule has 5 heteroatoms. The number of nitrogens with one attached hydrogen (secondary N) is 1. The van der Waals surface area contributed by atoms with Crippen molar-refractivity contribution < 1.29 is 14.3 Å². The standard InChI is InChI=1S/C17H19NO3S/c1-12(21-13-8-10-14(22-3)11-9-13)17(19)18-15-6-4-5-7-16(15)20-2/h4-12H,1-3H3,(H,18,19). The molecule has 1 N–H and O–H groups in total. The van der Waals surface area contributed by atoms with Crippen LogP contribution in [0.25, 0.3) is 0 Å². The third-order valence-electron chi connectivity index (χ3n) is 3.11. The van der Waals surface area contributed by atoms with Crippen LogP contribution in [-0.4, -0.2) is 25.4 Å². The van der Waals surface area contributed by atoms with Crippen LogP contribution in [0.15, 0.2) is 53.4 Å². The molecule has 0 saturated heterocycles. The van der Waals surface area contributed by atoms with Gasteiger partial charge in [-0.1, -0.05) is 12.1 Å². The number of rotatable bonds is 6. The number of carbonyl (C=O) groups excluding carboxylic acids is 1. The molecule has 0 fully saturated rings. The molecule has 0 aliphatic rings. The smallest absolute Gasteiger partial charge is 0.265 e. The van der Waals surface area contributed by atoms with Crippen LogP contribution in [0.2, 0.25) is 0 Å². The van der Waals surface area contributed by atoms with Crippen LogP contribution in [-0.2, 0) is 4.79 Å². The predicted octanol–water partition coefficient (Wildman–Crippen LogP) is 3.82. The molecule has 2 aromatic rings. The van der Waals surface area contributed by atoms with Gasteiger partial charge >= 0.3 is 0 Å². The fourth-order valence-electron chi connectivity index (χ4n) is 1.89. The Morgan fingerprint density at radius 1 is 1.14 bits per heavy atom. The molecule has 1 unspecified atom stereocenters. The summed E-state index contributed by atoms with van der Waals surface area (Å²) >= 11 is 1.66. The first-order chi connectivity index (χ1) is 10.6. The average molecular weight is 317 g/mol. The minimum absolute atomic E-state index is 0.224. The monoisotopic (exact) mass is 317 g/mol. The highest BCUT2D eigenvalue weighted by atomic mass is 32.2. The van der Waals surface area contributed by atoms with Gasteiger partial charge in [0.15, 0.2) is 6.10 Å². The Kier molecular flexibility index (Phi) is 5.72. The largest absolute Gasteiger partial charge is 0.495 e. The fraction of sp³-hybridized carbons (Fsp3) is 0.235. The minimum atomic E-state index is -0.606. The van der Waals surface area contributed by atoms with E-state index < -0.39 is 6.10 Å². The molecule has 4 nitrogen and oxygen atoms in total. The zero-order chi connectivity index (χ0) is 15.9. The summed E-state index contributed by atoms with van der Waals surface area (Å²) in [7, 11) is 1.57. The van der Waals surface area contributed by atoms with E-state index in [1.54, 1.807) is 37.9 Å². The van der Waals surface area contributed by atoms with Crippen molar-refractivity contribution in [2.24, 2.45) is 0 Å². The maximum Gasteiger partial charge on any atom is 0.265 e. The van der Waals surface area contributed by atoms with Gasteiger partial charge in [-0.3, -0.25) is 4.79 Å². The van der Waals surface area contributed by atoms with Gasteiger partial charge in [0.1, 0.15) is 11.5 Å². The second-order valence-electron chi connectivity index (χ2n) is 4.63. The summed E-state index contributed by atoms with van der Waals surface area (Å²) in [4.78, 5) is 13.4. The van der Waals surface area contributed by atoms with Crippen LogP contribution in [0.5, 0.6) is 11.5 Å². The number of ether oxygens (including phenoxy) is 2. The lowest BCUT2D eigenvalue weighted by atomic mass is 10.2. The molecule has 2 rings (SSSR count). The van der Waals surface area contributed by atoms with Gasteiger partial charge in [0.2, 0.25) is 0 Å². The van der Waals surface area contributed by atoms with Crippen LogP contribution < -0.4 is 14.8 Å². The van der Waals surface area contributed by atoms with Gasteiger partial charge in [0, 0.05) is 4.90 Å². The summed E-state index contributed by atoms with van der Waals surface area (Å²) in [5, 5.41) is 2.81.